The van der Waals surface area contributed by atoms with Crippen LogP contribution in [0.15, 0.2) is 18.5 Å². The van der Waals surface area contributed by atoms with Crippen molar-refractivity contribution in [1.29, 1.82) is 0 Å². The molecule has 1 heterocycles. The molecule has 1 aromatic heterocycles. The Bertz CT molecular complexity index is 581. The Hall–Kier alpha value is -1.35. The van der Waals surface area contributed by atoms with Crippen molar-refractivity contribution in [1.82, 2.24) is 14.9 Å². The first kappa shape index (κ1) is 12.7. The number of nitrogens with zero attached hydrogens (tertiary/aromatic N) is 2. The van der Waals surface area contributed by atoms with Crippen LogP contribution in [0.5, 0.6) is 0 Å². The zero-order valence-corrected chi connectivity index (χ0v) is 12.1. The third-order valence-corrected chi connectivity index (χ3v) is 4.08. The van der Waals surface area contributed by atoms with Crippen molar-refractivity contribution in [2.75, 3.05) is 6.54 Å². The van der Waals surface area contributed by atoms with E-state index >= 15 is 0 Å². The highest BCUT2D eigenvalue weighted by atomic mass is 15.1. The van der Waals surface area contributed by atoms with Gasteiger partial charge in [0.2, 0.25) is 0 Å². The molecule has 1 saturated carbocycles. The van der Waals surface area contributed by atoms with Gasteiger partial charge in [-0.2, -0.15) is 0 Å². The van der Waals surface area contributed by atoms with Crippen LogP contribution in [0.2, 0.25) is 0 Å². The summed E-state index contributed by atoms with van der Waals surface area (Å²) in [5.41, 5.74) is 5.05. The molecule has 1 unspecified atom stereocenters. The third-order valence-electron chi connectivity index (χ3n) is 4.08. The summed E-state index contributed by atoms with van der Waals surface area (Å²) in [6.07, 6.45) is 4.70. The Morgan fingerprint density at radius 2 is 2.05 bits per heavy atom. The summed E-state index contributed by atoms with van der Waals surface area (Å²) < 4.78 is 2.29. The monoisotopic (exact) mass is 257 g/mol. The van der Waals surface area contributed by atoms with Crippen LogP contribution in [0, 0.1) is 19.8 Å². The summed E-state index contributed by atoms with van der Waals surface area (Å²) >= 11 is 0. The molecule has 2 aromatic rings. The lowest BCUT2D eigenvalue weighted by atomic mass is 10.1. The van der Waals surface area contributed by atoms with Gasteiger partial charge in [0, 0.05) is 12.6 Å². The molecule has 1 aliphatic rings. The molecule has 3 heteroatoms. The molecule has 0 radical (unpaired) electrons. The summed E-state index contributed by atoms with van der Waals surface area (Å²) in [5, 5.41) is 3.60. The molecule has 1 aliphatic carbocycles. The molecule has 0 spiro atoms. The minimum Gasteiger partial charge on any atom is -0.330 e. The topological polar surface area (TPSA) is 29.9 Å². The highest BCUT2D eigenvalue weighted by molar-refractivity contribution is 5.77. The van der Waals surface area contributed by atoms with Crippen molar-refractivity contribution >= 4 is 11.0 Å². The van der Waals surface area contributed by atoms with Crippen molar-refractivity contribution in [2.45, 2.75) is 46.2 Å². The number of nitrogens with one attached hydrogen (secondary N) is 1. The molecular weight excluding hydrogens is 234 g/mol. The molecule has 19 heavy (non-hydrogen) atoms. The van der Waals surface area contributed by atoms with Gasteiger partial charge >= 0.3 is 0 Å². The summed E-state index contributed by atoms with van der Waals surface area (Å²) in [6, 6.07) is 5.25. The first-order valence-corrected chi connectivity index (χ1v) is 7.29. The highest BCUT2D eigenvalue weighted by Crippen LogP contribution is 2.21. The fraction of sp³-hybridized carbons (Fsp3) is 0.562. The lowest BCUT2D eigenvalue weighted by Crippen LogP contribution is -2.25. The van der Waals surface area contributed by atoms with Gasteiger partial charge in [0.25, 0.3) is 0 Å². The Morgan fingerprint density at radius 1 is 1.32 bits per heavy atom. The van der Waals surface area contributed by atoms with E-state index in [1.54, 1.807) is 0 Å². The predicted octanol–water partition coefficient (Wildman–Crippen LogP) is 3.04. The first-order valence-electron chi connectivity index (χ1n) is 7.29. The maximum atomic E-state index is 4.52. The van der Waals surface area contributed by atoms with Gasteiger partial charge in [-0.05, 0) is 62.4 Å². The van der Waals surface area contributed by atoms with Gasteiger partial charge in [-0.15, -0.1) is 0 Å². The zero-order valence-electron chi connectivity index (χ0n) is 12.1. The van der Waals surface area contributed by atoms with Gasteiger partial charge in [0.15, 0.2) is 0 Å². The van der Waals surface area contributed by atoms with E-state index in [1.807, 2.05) is 6.33 Å². The van der Waals surface area contributed by atoms with Crippen LogP contribution < -0.4 is 5.32 Å². The normalized spacial score (nSPS) is 17.0. The Balaban J connectivity index is 1.74. The molecule has 1 aromatic carbocycles. The predicted molar refractivity (Wildman–Crippen MR) is 79.4 cm³/mol. The maximum absolute atomic E-state index is 4.52. The number of benzene rings is 1. The van der Waals surface area contributed by atoms with Crippen LogP contribution in [0.1, 0.15) is 30.9 Å². The van der Waals surface area contributed by atoms with Crippen LogP contribution in [-0.2, 0) is 6.54 Å². The second-order valence-electron chi connectivity index (χ2n) is 6.11. The second-order valence-corrected chi connectivity index (χ2v) is 6.11. The highest BCUT2D eigenvalue weighted by Gasteiger charge is 2.21. The van der Waals surface area contributed by atoms with Gasteiger partial charge in [-0.3, -0.25) is 0 Å². The van der Waals surface area contributed by atoms with Crippen LogP contribution in [0.4, 0.5) is 0 Å². The van der Waals surface area contributed by atoms with E-state index in [-0.39, 0.29) is 0 Å². The molecular formula is C16H23N3. The number of fused-ring (bicyclic) bond motifs is 1. The first-order chi connectivity index (χ1) is 9.13. The van der Waals surface area contributed by atoms with Crippen LogP contribution >= 0.6 is 0 Å². The van der Waals surface area contributed by atoms with Crippen LogP contribution in [0.25, 0.3) is 11.0 Å². The molecule has 3 nitrogen and oxygen atoms in total. The Morgan fingerprint density at radius 3 is 2.79 bits per heavy atom. The van der Waals surface area contributed by atoms with Crippen LogP contribution in [-0.4, -0.2) is 22.1 Å². The quantitative estimate of drug-likeness (QED) is 0.892. The van der Waals surface area contributed by atoms with Crippen molar-refractivity contribution in [2.24, 2.45) is 5.92 Å². The fourth-order valence-corrected chi connectivity index (χ4v) is 2.51. The fourth-order valence-electron chi connectivity index (χ4n) is 2.51. The van der Waals surface area contributed by atoms with Crippen molar-refractivity contribution in [3.63, 3.8) is 0 Å². The Kier molecular flexibility index (Phi) is 3.31. The average molecular weight is 257 g/mol. The number of hydrogen-bond acceptors (Lipinski definition) is 2. The number of aryl methyl sites for hydroxylation is 2. The average Bonchev–Trinajstić information content (AvgIpc) is 3.14. The summed E-state index contributed by atoms with van der Waals surface area (Å²) in [4.78, 5) is 4.52. The van der Waals surface area contributed by atoms with Gasteiger partial charge < -0.3 is 9.88 Å². The van der Waals surface area contributed by atoms with Crippen molar-refractivity contribution in [3.8, 4) is 0 Å². The summed E-state index contributed by atoms with van der Waals surface area (Å²) in [6.45, 7) is 8.77. The number of imidazole rings is 1. The van der Waals surface area contributed by atoms with E-state index in [0.717, 1.165) is 24.6 Å². The van der Waals surface area contributed by atoms with Gasteiger partial charge in [0.1, 0.15) is 0 Å². The molecule has 0 amide bonds. The minimum atomic E-state index is 0.639. The van der Waals surface area contributed by atoms with E-state index < -0.39 is 0 Å². The van der Waals surface area contributed by atoms with E-state index in [0.29, 0.717) is 5.92 Å². The molecule has 0 saturated heterocycles. The van der Waals surface area contributed by atoms with Crippen molar-refractivity contribution in [3.05, 3.63) is 29.6 Å². The smallest absolute Gasteiger partial charge is 0.0958 e. The molecule has 102 valence electrons. The number of aromatic nitrogens is 2. The molecule has 1 atom stereocenters. The van der Waals surface area contributed by atoms with Gasteiger partial charge in [0.05, 0.1) is 17.4 Å². The lowest BCUT2D eigenvalue weighted by molar-refractivity contribution is 0.450. The molecule has 1 fully saturated rings. The third kappa shape index (κ3) is 2.81. The van der Waals surface area contributed by atoms with E-state index in [1.165, 1.54) is 29.5 Å². The zero-order chi connectivity index (χ0) is 13.4. The summed E-state index contributed by atoms with van der Waals surface area (Å²) in [5.74, 6) is 0.639. The lowest BCUT2D eigenvalue weighted by Gasteiger charge is -2.14. The molecule has 1 N–H and O–H groups in total. The molecule has 0 bridgehead atoms. The maximum Gasteiger partial charge on any atom is 0.0958 e. The van der Waals surface area contributed by atoms with Gasteiger partial charge in [-0.25, -0.2) is 4.98 Å². The van der Waals surface area contributed by atoms with E-state index in [9.17, 15) is 0 Å². The molecule has 3 rings (SSSR count). The number of hydrogen-bond donors (Lipinski definition) is 1. The number of rotatable bonds is 5. The van der Waals surface area contributed by atoms with E-state index in [4.69, 9.17) is 0 Å². The van der Waals surface area contributed by atoms with Gasteiger partial charge in [-0.1, -0.05) is 6.92 Å². The van der Waals surface area contributed by atoms with Crippen molar-refractivity contribution < 1.29 is 0 Å². The largest absolute Gasteiger partial charge is 0.330 e. The Labute approximate surface area is 115 Å². The second kappa shape index (κ2) is 4.97. The van der Waals surface area contributed by atoms with E-state index in [2.05, 4.69) is 47.8 Å². The minimum absolute atomic E-state index is 0.639. The standard InChI is InChI=1S/C16H23N3/c1-11(8-17-14-4-5-14)9-19-10-18-15-6-12(2)13(3)7-16(15)19/h6-7,10-11,14,17H,4-5,8-9H2,1-3H3. The SMILES string of the molecule is Cc1cc2ncn(CC(C)CNC3CC3)c2cc1C. The summed E-state index contributed by atoms with van der Waals surface area (Å²) in [7, 11) is 0. The van der Waals surface area contributed by atoms with Crippen LogP contribution in [0.3, 0.4) is 0 Å². The molecule has 0 aliphatic heterocycles.